The first kappa shape index (κ1) is 23.1. The third-order valence-electron chi connectivity index (χ3n) is 5.48. The molecule has 2 fully saturated rings. The van der Waals surface area contributed by atoms with Crippen LogP contribution in [0.1, 0.15) is 0 Å². The van der Waals surface area contributed by atoms with Gasteiger partial charge in [-0.1, -0.05) is 12.1 Å². The summed E-state index contributed by atoms with van der Waals surface area (Å²) in [5.41, 5.74) is 0.623. The first-order valence-electron chi connectivity index (χ1n) is 10.6. The van der Waals surface area contributed by atoms with Gasteiger partial charge in [-0.05, 0) is 12.1 Å². The largest absolute Gasteiger partial charge is 0.508 e. The highest BCUT2D eigenvalue weighted by Crippen LogP contribution is 2.23. The van der Waals surface area contributed by atoms with E-state index < -0.39 is 10.0 Å². The van der Waals surface area contributed by atoms with Crippen LogP contribution in [-0.4, -0.2) is 109 Å². The fraction of sp³-hybridized carbons (Fsp3) is 0.500. The highest BCUT2D eigenvalue weighted by atomic mass is 32.2. The molecule has 12 nitrogen and oxygen atoms in total. The van der Waals surface area contributed by atoms with Gasteiger partial charge in [0.1, 0.15) is 5.75 Å². The van der Waals surface area contributed by atoms with Gasteiger partial charge in [-0.25, -0.2) is 8.42 Å². The Hall–Kier alpha value is -3.03. The molecule has 0 bridgehead atoms. The second-order valence-corrected chi connectivity index (χ2v) is 9.81. The molecule has 2 saturated heterocycles. The van der Waals surface area contributed by atoms with E-state index in [1.54, 1.807) is 29.2 Å². The third kappa shape index (κ3) is 5.86. The molecule has 0 radical (unpaired) electrons. The number of aromatic hydroxyl groups is 1. The number of aromatic nitrogens is 3. The van der Waals surface area contributed by atoms with E-state index in [0.717, 1.165) is 0 Å². The fourth-order valence-corrected chi connectivity index (χ4v) is 4.48. The summed E-state index contributed by atoms with van der Waals surface area (Å²) in [7, 11) is -3.26. The quantitative estimate of drug-likeness (QED) is 0.564. The van der Waals surface area contributed by atoms with Crippen molar-refractivity contribution in [2.24, 2.45) is 0 Å². The van der Waals surface area contributed by atoms with Crippen molar-refractivity contribution >= 4 is 27.8 Å². The van der Waals surface area contributed by atoms with E-state index in [-0.39, 0.29) is 37.2 Å². The Balaban J connectivity index is 1.48. The molecular weight excluding hydrogens is 450 g/mol. The Labute approximate surface area is 192 Å². The van der Waals surface area contributed by atoms with Crippen molar-refractivity contribution in [2.75, 3.05) is 75.5 Å². The van der Waals surface area contributed by atoms with Gasteiger partial charge in [-0.15, -0.1) is 0 Å². The normalized spacial score (nSPS) is 17.7. The second-order valence-electron chi connectivity index (χ2n) is 7.83. The van der Waals surface area contributed by atoms with Crippen molar-refractivity contribution in [1.82, 2.24) is 24.2 Å². The molecule has 0 atom stereocenters. The van der Waals surface area contributed by atoms with Gasteiger partial charge >= 0.3 is 0 Å². The zero-order valence-electron chi connectivity index (χ0n) is 18.3. The van der Waals surface area contributed by atoms with Gasteiger partial charge in [0, 0.05) is 44.8 Å². The number of sulfonamides is 1. The number of nitrogens with one attached hydrogen (secondary N) is 1. The minimum atomic E-state index is -3.26. The minimum Gasteiger partial charge on any atom is -0.508 e. The Morgan fingerprint density at radius 3 is 2.48 bits per heavy atom. The summed E-state index contributed by atoms with van der Waals surface area (Å²) in [5.74, 6) is 1.00. The number of rotatable bonds is 6. The smallest absolute Gasteiger partial charge is 0.242 e. The Morgan fingerprint density at radius 2 is 1.82 bits per heavy atom. The van der Waals surface area contributed by atoms with Crippen molar-refractivity contribution in [2.45, 2.75) is 0 Å². The van der Waals surface area contributed by atoms with Crippen molar-refractivity contribution in [3.05, 3.63) is 24.3 Å². The van der Waals surface area contributed by atoms with Gasteiger partial charge in [0.15, 0.2) is 5.82 Å². The summed E-state index contributed by atoms with van der Waals surface area (Å²) >= 11 is 0. The first-order valence-corrected chi connectivity index (χ1v) is 12.5. The van der Waals surface area contributed by atoms with Crippen LogP contribution in [0.25, 0.3) is 11.4 Å². The summed E-state index contributed by atoms with van der Waals surface area (Å²) in [5, 5.41) is 12.8. The maximum Gasteiger partial charge on any atom is 0.242 e. The van der Waals surface area contributed by atoms with Crippen LogP contribution < -0.4 is 10.2 Å². The van der Waals surface area contributed by atoms with Crippen LogP contribution in [-0.2, 0) is 19.6 Å². The van der Waals surface area contributed by atoms with Crippen LogP contribution in [0.2, 0.25) is 0 Å². The van der Waals surface area contributed by atoms with Crippen LogP contribution in [0.3, 0.4) is 0 Å². The second kappa shape index (κ2) is 9.85. The van der Waals surface area contributed by atoms with E-state index in [1.165, 1.54) is 10.6 Å². The number of anilines is 2. The number of nitrogens with zero attached hydrogens (tertiary/aromatic N) is 6. The monoisotopic (exact) mass is 477 g/mol. The summed E-state index contributed by atoms with van der Waals surface area (Å²) in [6.07, 6.45) is 1.17. The molecule has 33 heavy (non-hydrogen) atoms. The highest BCUT2D eigenvalue weighted by molar-refractivity contribution is 7.88. The van der Waals surface area contributed by atoms with Gasteiger partial charge in [0.05, 0.1) is 26.0 Å². The number of hydrogen-bond donors (Lipinski definition) is 2. The van der Waals surface area contributed by atoms with E-state index in [4.69, 9.17) is 4.74 Å². The first-order chi connectivity index (χ1) is 15.8. The predicted molar refractivity (Wildman–Crippen MR) is 121 cm³/mol. The molecule has 2 N–H and O–H groups in total. The van der Waals surface area contributed by atoms with Crippen molar-refractivity contribution < 1.29 is 23.1 Å². The molecule has 178 valence electrons. The molecule has 1 aromatic heterocycles. The fourth-order valence-electron chi connectivity index (χ4n) is 3.66. The molecular formula is C20H27N7O5S. The van der Waals surface area contributed by atoms with E-state index >= 15 is 0 Å². The van der Waals surface area contributed by atoms with Gasteiger partial charge in [-0.3, -0.25) is 4.79 Å². The molecule has 0 saturated carbocycles. The zero-order chi connectivity index (χ0) is 23.4. The Bertz CT molecular complexity index is 1100. The molecule has 2 aromatic rings. The molecule has 2 aliphatic rings. The molecule has 0 spiro atoms. The van der Waals surface area contributed by atoms with E-state index in [0.29, 0.717) is 56.7 Å². The van der Waals surface area contributed by atoms with Crippen molar-refractivity contribution in [3.63, 3.8) is 0 Å². The lowest BCUT2D eigenvalue weighted by Gasteiger charge is -2.33. The molecule has 1 aromatic carbocycles. The highest BCUT2D eigenvalue weighted by Gasteiger charge is 2.26. The number of hydrogen-bond acceptors (Lipinski definition) is 10. The number of phenolic OH excluding ortho intramolecular Hbond substituents is 1. The van der Waals surface area contributed by atoms with Gasteiger partial charge < -0.3 is 25.0 Å². The number of piperazine rings is 1. The third-order valence-corrected chi connectivity index (χ3v) is 6.78. The number of ether oxygens (including phenoxy) is 1. The van der Waals surface area contributed by atoms with Gasteiger partial charge in [-0.2, -0.15) is 19.3 Å². The van der Waals surface area contributed by atoms with Crippen molar-refractivity contribution in [3.8, 4) is 17.1 Å². The SMILES string of the molecule is CS(=O)(=O)N1CCN(C(=O)CNc2nc(-c3cccc(O)c3)nc(N3CCOCC3)n2)CC1. The lowest BCUT2D eigenvalue weighted by atomic mass is 10.2. The van der Waals surface area contributed by atoms with Gasteiger partial charge in [0.2, 0.25) is 27.8 Å². The topological polar surface area (TPSA) is 141 Å². The van der Waals surface area contributed by atoms with E-state index in [2.05, 4.69) is 20.3 Å². The van der Waals surface area contributed by atoms with Crippen LogP contribution in [0.15, 0.2) is 24.3 Å². The number of amides is 1. The summed E-state index contributed by atoms with van der Waals surface area (Å²) in [4.78, 5) is 29.8. The standard InChI is InChI=1S/C20H27N7O5S/c1-33(30,31)27-7-5-25(6-8-27)17(29)14-21-19-22-18(15-3-2-4-16(28)13-15)23-20(24-19)26-9-11-32-12-10-26/h2-4,13,28H,5-12,14H2,1H3,(H,21,22,23,24). The zero-order valence-corrected chi connectivity index (χ0v) is 19.2. The van der Waals surface area contributed by atoms with Crippen LogP contribution >= 0.6 is 0 Å². The van der Waals surface area contributed by atoms with Gasteiger partial charge in [0.25, 0.3) is 0 Å². The Kier molecular flexibility index (Phi) is 6.91. The van der Waals surface area contributed by atoms with Crippen LogP contribution in [0.5, 0.6) is 5.75 Å². The summed E-state index contributed by atoms with van der Waals surface area (Å²) in [6.45, 7) is 3.57. The molecule has 0 aliphatic carbocycles. The number of carbonyl (C=O) groups excluding carboxylic acids is 1. The summed E-state index contributed by atoms with van der Waals surface area (Å²) < 4.78 is 30.1. The number of benzene rings is 1. The molecule has 13 heteroatoms. The van der Waals surface area contributed by atoms with E-state index in [9.17, 15) is 18.3 Å². The lowest BCUT2D eigenvalue weighted by molar-refractivity contribution is -0.130. The molecule has 3 heterocycles. The molecule has 4 rings (SSSR count). The average Bonchev–Trinajstić information content (AvgIpc) is 2.82. The average molecular weight is 478 g/mol. The van der Waals surface area contributed by atoms with Crippen LogP contribution in [0, 0.1) is 0 Å². The predicted octanol–water partition coefficient (Wildman–Crippen LogP) is -0.403. The number of morpholine rings is 1. The number of carbonyl (C=O) groups is 1. The maximum absolute atomic E-state index is 12.7. The number of phenols is 1. The molecule has 1 amide bonds. The molecule has 2 aliphatic heterocycles. The minimum absolute atomic E-state index is 0.0368. The lowest BCUT2D eigenvalue weighted by Crippen LogP contribution is -2.51. The Morgan fingerprint density at radius 1 is 1.09 bits per heavy atom. The van der Waals surface area contributed by atoms with Crippen molar-refractivity contribution in [1.29, 1.82) is 0 Å². The maximum atomic E-state index is 12.7. The molecule has 0 unspecified atom stereocenters. The van der Waals surface area contributed by atoms with E-state index in [1.807, 2.05) is 4.90 Å². The summed E-state index contributed by atoms with van der Waals surface area (Å²) in [6, 6.07) is 6.62. The van der Waals surface area contributed by atoms with Crippen LogP contribution in [0.4, 0.5) is 11.9 Å².